The predicted molar refractivity (Wildman–Crippen MR) is 112 cm³/mol. The van der Waals surface area contributed by atoms with Gasteiger partial charge in [0.1, 0.15) is 0 Å². The normalized spacial score (nSPS) is 27.2. The molecule has 0 N–H and O–H groups in total. The molecule has 1 spiro atoms. The second-order valence-corrected chi connectivity index (χ2v) is 9.62. The molecule has 0 saturated carbocycles. The van der Waals surface area contributed by atoms with Crippen LogP contribution < -0.4 is 0 Å². The number of rotatable bonds is 8. The van der Waals surface area contributed by atoms with E-state index in [9.17, 15) is 0 Å². The third-order valence-electron chi connectivity index (χ3n) is 4.77. The third-order valence-corrected chi connectivity index (χ3v) is 6.91. The zero-order valence-corrected chi connectivity index (χ0v) is 18.1. The van der Waals surface area contributed by atoms with Crippen LogP contribution in [0.2, 0.25) is 0 Å². The average molecular weight is 436 g/mol. The lowest BCUT2D eigenvalue weighted by molar-refractivity contribution is -0.0758. The van der Waals surface area contributed by atoms with Gasteiger partial charge in [-0.2, -0.15) is 0 Å². The summed E-state index contributed by atoms with van der Waals surface area (Å²) in [7, 11) is -2.60. The maximum absolute atomic E-state index is 5.81. The van der Waals surface area contributed by atoms with Gasteiger partial charge in [0.15, 0.2) is 0 Å². The molecule has 2 saturated heterocycles. The van der Waals surface area contributed by atoms with Crippen LogP contribution in [0.25, 0.3) is 0 Å². The van der Waals surface area contributed by atoms with E-state index in [2.05, 4.69) is 24.3 Å². The molecular weight excluding hydrogens is 410 g/mol. The van der Waals surface area contributed by atoms with Crippen molar-refractivity contribution >= 4 is 17.2 Å². The van der Waals surface area contributed by atoms with Crippen LogP contribution in [0, 0.1) is 5.41 Å². The lowest BCUT2D eigenvalue weighted by Gasteiger charge is -2.41. The Bertz CT molecular complexity index is 649. The highest BCUT2D eigenvalue weighted by molar-refractivity contribution is 7.42. The molecule has 2 aromatic rings. The summed E-state index contributed by atoms with van der Waals surface area (Å²) < 4.78 is 34.8. The number of hydrogen-bond donors (Lipinski definition) is 0. The van der Waals surface area contributed by atoms with Crippen molar-refractivity contribution in [2.24, 2.45) is 5.41 Å². The van der Waals surface area contributed by atoms with Crippen molar-refractivity contribution in [3.05, 3.63) is 71.8 Å². The first kappa shape index (κ1) is 21.3. The quantitative estimate of drug-likeness (QED) is 0.541. The van der Waals surface area contributed by atoms with Crippen molar-refractivity contribution in [1.29, 1.82) is 0 Å². The SMILES string of the molecule is c1ccc(CCOP2OCC3(CO2)COP(OCCc2ccccc2)OC3)cc1. The summed E-state index contributed by atoms with van der Waals surface area (Å²) in [6.07, 6.45) is 1.68. The molecule has 2 aromatic carbocycles. The smallest absolute Gasteiger partial charge is 0.312 e. The fraction of sp³-hybridized carbons (Fsp3) is 0.429. The highest BCUT2D eigenvalue weighted by Crippen LogP contribution is 2.52. The van der Waals surface area contributed by atoms with Gasteiger partial charge in [0.05, 0.1) is 45.1 Å². The van der Waals surface area contributed by atoms with Crippen LogP contribution in [0.3, 0.4) is 0 Å². The molecule has 0 atom stereocenters. The first-order valence-corrected chi connectivity index (χ1v) is 12.0. The maximum Gasteiger partial charge on any atom is 0.332 e. The summed E-state index contributed by atoms with van der Waals surface area (Å²) in [4.78, 5) is 0. The molecule has 6 nitrogen and oxygen atoms in total. The minimum atomic E-state index is -1.30. The molecule has 8 heteroatoms. The summed E-state index contributed by atoms with van der Waals surface area (Å²) >= 11 is 0. The molecule has 2 fully saturated rings. The standard InChI is InChI=1S/C21H26O6P2/c1-3-7-19(8-4-1)11-13-22-28-24-15-21(16-25-28)17-26-29(27-18-21)23-14-12-20-9-5-2-6-10-20/h1-10H,11-18H2. The summed E-state index contributed by atoms with van der Waals surface area (Å²) in [6.45, 7) is 3.20. The molecule has 2 heterocycles. The Morgan fingerprint density at radius 3 is 1.38 bits per heavy atom. The molecule has 156 valence electrons. The van der Waals surface area contributed by atoms with E-state index in [1.54, 1.807) is 0 Å². The Balaban J connectivity index is 1.11. The molecule has 4 rings (SSSR count). The monoisotopic (exact) mass is 436 g/mol. The van der Waals surface area contributed by atoms with Crippen LogP contribution in [0.15, 0.2) is 60.7 Å². The zero-order valence-electron chi connectivity index (χ0n) is 16.3. The fourth-order valence-corrected chi connectivity index (χ4v) is 5.44. The topological polar surface area (TPSA) is 55.4 Å². The van der Waals surface area contributed by atoms with E-state index in [1.165, 1.54) is 11.1 Å². The lowest BCUT2D eigenvalue weighted by Crippen LogP contribution is -2.44. The van der Waals surface area contributed by atoms with Crippen LogP contribution in [0.1, 0.15) is 11.1 Å². The van der Waals surface area contributed by atoms with Crippen molar-refractivity contribution in [3.63, 3.8) is 0 Å². The molecular formula is C21H26O6P2. The van der Waals surface area contributed by atoms with Gasteiger partial charge in [-0.1, -0.05) is 60.7 Å². The Morgan fingerprint density at radius 2 is 1.00 bits per heavy atom. The largest absolute Gasteiger partial charge is 0.332 e. The van der Waals surface area contributed by atoms with E-state index >= 15 is 0 Å². The third kappa shape index (κ3) is 6.52. The van der Waals surface area contributed by atoms with Gasteiger partial charge in [0.2, 0.25) is 0 Å². The Hall–Kier alpha value is -0.940. The van der Waals surface area contributed by atoms with Crippen LogP contribution in [0.4, 0.5) is 0 Å². The zero-order chi connectivity index (χ0) is 19.8. The average Bonchev–Trinajstić information content (AvgIpc) is 2.78. The highest BCUT2D eigenvalue weighted by Gasteiger charge is 2.43. The van der Waals surface area contributed by atoms with Crippen molar-refractivity contribution in [2.75, 3.05) is 39.6 Å². The molecule has 0 radical (unpaired) electrons. The number of hydrogen-bond acceptors (Lipinski definition) is 6. The van der Waals surface area contributed by atoms with Gasteiger partial charge in [0.25, 0.3) is 0 Å². The first-order valence-electron chi connectivity index (χ1n) is 9.77. The Kier molecular flexibility index (Phi) is 8.01. The molecule has 0 unspecified atom stereocenters. The molecule has 0 aromatic heterocycles. The Labute approximate surface area is 174 Å². The van der Waals surface area contributed by atoms with Crippen LogP contribution in [0.5, 0.6) is 0 Å². The van der Waals surface area contributed by atoms with E-state index in [0.29, 0.717) is 39.6 Å². The van der Waals surface area contributed by atoms with Crippen molar-refractivity contribution < 1.29 is 27.1 Å². The number of benzene rings is 2. The molecule has 0 aliphatic carbocycles. The second kappa shape index (κ2) is 10.9. The fourth-order valence-electron chi connectivity index (χ4n) is 3.00. The first-order chi connectivity index (χ1) is 14.3. The van der Waals surface area contributed by atoms with Crippen molar-refractivity contribution in [1.82, 2.24) is 0 Å². The summed E-state index contributed by atoms with van der Waals surface area (Å²) in [6, 6.07) is 20.5. The highest BCUT2D eigenvalue weighted by atomic mass is 31.2. The molecule has 0 bridgehead atoms. The molecule has 29 heavy (non-hydrogen) atoms. The van der Waals surface area contributed by atoms with Crippen LogP contribution >= 0.6 is 17.2 Å². The minimum Gasteiger partial charge on any atom is -0.312 e. The van der Waals surface area contributed by atoms with E-state index in [1.807, 2.05) is 36.4 Å². The van der Waals surface area contributed by atoms with Gasteiger partial charge in [-0.25, -0.2) is 0 Å². The second-order valence-electron chi connectivity index (χ2n) is 7.18. The van der Waals surface area contributed by atoms with Gasteiger partial charge < -0.3 is 27.1 Å². The van der Waals surface area contributed by atoms with Gasteiger partial charge in [0, 0.05) is 0 Å². The van der Waals surface area contributed by atoms with E-state index in [4.69, 9.17) is 27.1 Å². The summed E-state index contributed by atoms with van der Waals surface area (Å²) in [5.74, 6) is 0. The summed E-state index contributed by atoms with van der Waals surface area (Å²) in [5, 5.41) is 0. The van der Waals surface area contributed by atoms with Crippen LogP contribution in [-0.4, -0.2) is 39.6 Å². The van der Waals surface area contributed by atoms with E-state index in [0.717, 1.165) is 12.8 Å². The maximum atomic E-state index is 5.81. The van der Waals surface area contributed by atoms with Gasteiger partial charge in [-0.15, -0.1) is 0 Å². The Morgan fingerprint density at radius 1 is 0.621 bits per heavy atom. The summed E-state index contributed by atoms with van der Waals surface area (Å²) in [5.41, 5.74) is 2.21. The minimum absolute atomic E-state index is 0.275. The lowest BCUT2D eigenvalue weighted by atomic mass is 9.93. The predicted octanol–water partition coefficient (Wildman–Crippen LogP) is 5.04. The van der Waals surface area contributed by atoms with Crippen molar-refractivity contribution in [3.8, 4) is 0 Å². The van der Waals surface area contributed by atoms with Gasteiger partial charge >= 0.3 is 17.2 Å². The van der Waals surface area contributed by atoms with Crippen molar-refractivity contribution in [2.45, 2.75) is 12.8 Å². The van der Waals surface area contributed by atoms with E-state index in [-0.39, 0.29) is 5.41 Å². The molecule has 2 aliphatic heterocycles. The van der Waals surface area contributed by atoms with Crippen LogP contribution in [-0.2, 0) is 40.0 Å². The van der Waals surface area contributed by atoms with Gasteiger partial charge in [-0.05, 0) is 24.0 Å². The molecule has 0 amide bonds. The van der Waals surface area contributed by atoms with Gasteiger partial charge in [-0.3, -0.25) is 0 Å². The molecule has 2 aliphatic rings. The van der Waals surface area contributed by atoms with E-state index < -0.39 is 17.2 Å².